The van der Waals surface area contributed by atoms with Crippen molar-refractivity contribution in [2.45, 2.75) is 26.3 Å². The molecule has 1 amide bonds. The number of aliphatic hydroxyl groups is 1. The van der Waals surface area contributed by atoms with Gasteiger partial charge in [-0.3, -0.25) is 4.79 Å². The molecule has 2 N–H and O–H groups in total. The van der Waals surface area contributed by atoms with Gasteiger partial charge in [-0.1, -0.05) is 48.5 Å². The summed E-state index contributed by atoms with van der Waals surface area (Å²) in [5, 5.41) is 12.3. The first-order chi connectivity index (χ1) is 10.1. The first-order valence-electron chi connectivity index (χ1n) is 7.11. The molecule has 21 heavy (non-hydrogen) atoms. The molecule has 0 saturated carbocycles. The molecule has 2 rings (SSSR count). The molecule has 0 heterocycles. The number of carbonyl (C=O) groups is 1. The number of nitrogens with one attached hydrogen (secondary N) is 1. The van der Waals surface area contributed by atoms with Crippen molar-refractivity contribution in [3.63, 3.8) is 0 Å². The first kappa shape index (κ1) is 15.3. The first-order valence-corrected chi connectivity index (χ1v) is 7.11. The molecule has 0 aliphatic heterocycles. The molecule has 0 radical (unpaired) electrons. The quantitative estimate of drug-likeness (QED) is 0.886. The van der Waals surface area contributed by atoms with E-state index in [-0.39, 0.29) is 18.6 Å². The lowest BCUT2D eigenvalue weighted by atomic mass is 10.0. The van der Waals surface area contributed by atoms with Crippen LogP contribution in [-0.4, -0.2) is 17.6 Å². The van der Waals surface area contributed by atoms with Crippen LogP contribution in [0.2, 0.25) is 0 Å². The molecule has 0 aromatic heterocycles. The van der Waals surface area contributed by atoms with E-state index < -0.39 is 0 Å². The Labute approximate surface area is 125 Å². The fraction of sp³-hybridized carbons (Fsp3) is 0.278. The lowest BCUT2D eigenvalue weighted by molar-refractivity contribution is -0.121. The van der Waals surface area contributed by atoms with Gasteiger partial charge in [-0.15, -0.1) is 0 Å². The maximum Gasteiger partial charge on any atom is 0.224 e. The maximum absolute atomic E-state index is 12.1. The molecule has 2 aromatic rings. The highest BCUT2D eigenvalue weighted by Crippen LogP contribution is 2.13. The standard InChI is InChI=1S/C18H21NO2/c1-13-8-9-15(10-14(13)2)11-18(21)19-17(12-20)16-6-4-3-5-7-16/h3-10,17,20H,11-12H2,1-2H3,(H,19,21)/t17-/m1/s1. The second-order valence-corrected chi connectivity index (χ2v) is 5.31. The number of aryl methyl sites for hydroxylation is 2. The van der Waals surface area contributed by atoms with Gasteiger partial charge in [-0.2, -0.15) is 0 Å². The minimum Gasteiger partial charge on any atom is -0.394 e. The van der Waals surface area contributed by atoms with Crippen molar-refractivity contribution in [1.82, 2.24) is 5.32 Å². The van der Waals surface area contributed by atoms with Crippen LogP contribution in [0.4, 0.5) is 0 Å². The third-order valence-electron chi connectivity index (χ3n) is 3.66. The van der Waals surface area contributed by atoms with Gasteiger partial charge in [0.1, 0.15) is 0 Å². The van der Waals surface area contributed by atoms with Crippen LogP contribution in [-0.2, 0) is 11.2 Å². The van der Waals surface area contributed by atoms with E-state index in [1.165, 1.54) is 11.1 Å². The Morgan fingerprint density at radius 2 is 1.81 bits per heavy atom. The van der Waals surface area contributed by atoms with Crippen LogP contribution in [0.25, 0.3) is 0 Å². The van der Waals surface area contributed by atoms with Gasteiger partial charge in [0.2, 0.25) is 5.91 Å². The van der Waals surface area contributed by atoms with Gasteiger partial charge in [-0.25, -0.2) is 0 Å². The van der Waals surface area contributed by atoms with Gasteiger partial charge in [0, 0.05) is 0 Å². The van der Waals surface area contributed by atoms with Gasteiger partial charge in [0.15, 0.2) is 0 Å². The van der Waals surface area contributed by atoms with Crippen molar-refractivity contribution in [1.29, 1.82) is 0 Å². The molecule has 3 heteroatoms. The van der Waals surface area contributed by atoms with Crippen molar-refractivity contribution in [3.8, 4) is 0 Å². The van der Waals surface area contributed by atoms with Gasteiger partial charge in [-0.05, 0) is 36.1 Å². The number of hydrogen-bond donors (Lipinski definition) is 2. The summed E-state index contributed by atoms with van der Waals surface area (Å²) in [6.45, 7) is 3.98. The Morgan fingerprint density at radius 3 is 2.43 bits per heavy atom. The summed E-state index contributed by atoms with van der Waals surface area (Å²) in [7, 11) is 0. The van der Waals surface area contributed by atoms with Gasteiger partial charge in [0.05, 0.1) is 19.1 Å². The van der Waals surface area contributed by atoms with E-state index in [1.54, 1.807) is 0 Å². The molecule has 1 atom stereocenters. The molecule has 0 fully saturated rings. The normalized spacial score (nSPS) is 12.0. The van der Waals surface area contributed by atoms with Crippen LogP contribution in [0, 0.1) is 13.8 Å². The fourth-order valence-corrected chi connectivity index (χ4v) is 2.26. The molecule has 0 unspecified atom stereocenters. The Kier molecular flexibility index (Phi) is 5.12. The molecule has 0 aliphatic carbocycles. The Morgan fingerprint density at radius 1 is 1.10 bits per heavy atom. The molecule has 110 valence electrons. The lowest BCUT2D eigenvalue weighted by Gasteiger charge is -2.17. The summed E-state index contributed by atoms with van der Waals surface area (Å²) < 4.78 is 0. The highest BCUT2D eigenvalue weighted by atomic mass is 16.3. The number of aliphatic hydroxyl groups excluding tert-OH is 1. The van der Waals surface area contributed by atoms with E-state index in [1.807, 2.05) is 55.5 Å². The van der Waals surface area contributed by atoms with Gasteiger partial charge in [0.25, 0.3) is 0 Å². The molecular weight excluding hydrogens is 262 g/mol. The van der Waals surface area contributed by atoms with E-state index in [4.69, 9.17) is 0 Å². The van der Waals surface area contributed by atoms with Gasteiger partial charge < -0.3 is 10.4 Å². The van der Waals surface area contributed by atoms with Crippen molar-refractivity contribution in [2.75, 3.05) is 6.61 Å². The Hall–Kier alpha value is -2.13. The van der Waals surface area contributed by atoms with E-state index in [9.17, 15) is 9.90 Å². The second kappa shape index (κ2) is 7.04. The van der Waals surface area contributed by atoms with Gasteiger partial charge >= 0.3 is 0 Å². The average Bonchev–Trinajstić information content (AvgIpc) is 2.49. The minimum atomic E-state index is -0.356. The van der Waals surface area contributed by atoms with Crippen molar-refractivity contribution < 1.29 is 9.90 Å². The van der Waals surface area contributed by atoms with Crippen LogP contribution >= 0.6 is 0 Å². The SMILES string of the molecule is Cc1ccc(CC(=O)N[C@H](CO)c2ccccc2)cc1C. The highest BCUT2D eigenvalue weighted by Gasteiger charge is 2.13. The van der Waals surface area contributed by atoms with Crippen LogP contribution < -0.4 is 5.32 Å². The maximum atomic E-state index is 12.1. The van der Waals surface area contributed by atoms with E-state index >= 15 is 0 Å². The smallest absolute Gasteiger partial charge is 0.224 e. The molecule has 3 nitrogen and oxygen atoms in total. The highest BCUT2D eigenvalue weighted by molar-refractivity contribution is 5.79. The number of benzene rings is 2. The summed E-state index contributed by atoms with van der Waals surface area (Å²) in [5.74, 6) is -0.0823. The van der Waals surface area contributed by atoms with Crippen LogP contribution in [0.5, 0.6) is 0 Å². The zero-order valence-electron chi connectivity index (χ0n) is 12.5. The largest absolute Gasteiger partial charge is 0.394 e. The summed E-state index contributed by atoms with van der Waals surface area (Å²) in [4.78, 5) is 12.1. The van der Waals surface area contributed by atoms with Crippen LogP contribution in [0.3, 0.4) is 0 Å². The monoisotopic (exact) mass is 283 g/mol. The third kappa shape index (κ3) is 4.17. The summed E-state index contributed by atoms with van der Waals surface area (Å²) in [5.41, 5.74) is 4.30. The summed E-state index contributed by atoms with van der Waals surface area (Å²) in [6, 6.07) is 15.2. The van der Waals surface area contributed by atoms with E-state index in [0.29, 0.717) is 6.42 Å². The summed E-state index contributed by atoms with van der Waals surface area (Å²) in [6.07, 6.45) is 0.324. The zero-order chi connectivity index (χ0) is 15.2. The van der Waals surface area contributed by atoms with Crippen LogP contribution in [0.15, 0.2) is 48.5 Å². The fourth-order valence-electron chi connectivity index (χ4n) is 2.26. The molecule has 0 bridgehead atoms. The topological polar surface area (TPSA) is 49.3 Å². The second-order valence-electron chi connectivity index (χ2n) is 5.31. The van der Waals surface area contributed by atoms with E-state index in [2.05, 4.69) is 12.2 Å². The third-order valence-corrected chi connectivity index (χ3v) is 3.66. The lowest BCUT2D eigenvalue weighted by Crippen LogP contribution is -2.31. The molecule has 0 spiro atoms. The van der Waals surface area contributed by atoms with Crippen molar-refractivity contribution >= 4 is 5.91 Å². The number of rotatable bonds is 5. The molecular formula is C18H21NO2. The molecule has 0 saturated heterocycles. The number of amides is 1. The number of hydrogen-bond acceptors (Lipinski definition) is 2. The minimum absolute atomic E-state index is 0.0823. The Balaban J connectivity index is 2.01. The van der Waals surface area contributed by atoms with E-state index in [0.717, 1.165) is 11.1 Å². The molecule has 2 aromatic carbocycles. The van der Waals surface area contributed by atoms with Crippen LogP contribution in [0.1, 0.15) is 28.3 Å². The zero-order valence-corrected chi connectivity index (χ0v) is 12.5. The predicted octanol–water partition coefficient (Wildman–Crippen LogP) is 2.70. The molecule has 0 aliphatic rings. The number of carbonyl (C=O) groups excluding carboxylic acids is 1. The van der Waals surface area contributed by atoms with Crippen molar-refractivity contribution in [3.05, 3.63) is 70.8 Å². The summed E-state index contributed by atoms with van der Waals surface area (Å²) >= 11 is 0. The van der Waals surface area contributed by atoms with Crippen molar-refractivity contribution in [2.24, 2.45) is 0 Å². The Bertz CT molecular complexity index is 608. The predicted molar refractivity (Wildman–Crippen MR) is 84.0 cm³/mol. The average molecular weight is 283 g/mol.